The second-order valence-corrected chi connectivity index (χ2v) is 3.96. The average Bonchev–Trinajstić information content (AvgIpc) is 2.21. The maximum atomic E-state index is 11.6. The summed E-state index contributed by atoms with van der Waals surface area (Å²) in [4.78, 5) is 19.8. The van der Waals surface area contributed by atoms with Gasteiger partial charge in [0.1, 0.15) is 17.5 Å². The van der Waals surface area contributed by atoms with Crippen molar-refractivity contribution in [2.24, 2.45) is 0 Å². The Morgan fingerprint density at radius 1 is 1.36 bits per heavy atom. The molecule has 2 rings (SSSR count). The van der Waals surface area contributed by atoms with Gasteiger partial charge in [-0.05, 0) is 20.8 Å². The molecule has 0 fully saturated rings. The number of carbonyl (C=O) groups is 1. The van der Waals surface area contributed by atoms with Gasteiger partial charge in [0.2, 0.25) is 5.91 Å². The first-order valence-electron chi connectivity index (χ1n) is 4.39. The summed E-state index contributed by atoms with van der Waals surface area (Å²) in [6.45, 7) is 5.36. The lowest BCUT2D eigenvalue weighted by Gasteiger charge is -2.15. The van der Waals surface area contributed by atoms with E-state index in [1.807, 2.05) is 13.8 Å². The molecule has 0 bridgehead atoms. The lowest BCUT2D eigenvalue weighted by atomic mass is 9.87. The molecule has 2 heterocycles. The number of fused-ring (bicyclic) bond motifs is 1. The number of hydrogen-bond acceptors (Lipinski definition) is 4. The largest absolute Gasteiger partial charge is 0.383 e. The van der Waals surface area contributed by atoms with Crippen molar-refractivity contribution in [1.82, 2.24) is 9.97 Å². The van der Waals surface area contributed by atoms with Gasteiger partial charge in [-0.3, -0.25) is 4.79 Å². The molecule has 0 aromatic carbocycles. The Bertz CT molecular complexity index is 425. The maximum Gasteiger partial charge on any atom is 0.235 e. The fraction of sp³-hybridized carbons (Fsp3) is 0.444. The van der Waals surface area contributed by atoms with Crippen LogP contribution in [0.3, 0.4) is 0 Å². The Morgan fingerprint density at radius 2 is 2.00 bits per heavy atom. The molecule has 1 aliphatic rings. The average molecular weight is 192 g/mol. The molecule has 1 aliphatic heterocycles. The van der Waals surface area contributed by atoms with Crippen LogP contribution in [0.5, 0.6) is 0 Å². The van der Waals surface area contributed by atoms with Crippen LogP contribution in [-0.4, -0.2) is 15.9 Å². The fourth-order valence-corrected chi connectivity index (χ4v) is 1.68. The molecule has 1 amide bonds. The van der Waals surface area contributed by atoms with Crippen molar-refractivity contribution in [1.29, 1.82) is 0 Å². The zero-order valence-electron chi connectivity index (χ0n) is 8.38. The second-order valence-electron chi connectivity index (χ2n) is 3.96. The third kappa shape index (κ3) is 0.982. The Morgan fingerprint density at radius 3 is 2.64 bits per heavy atom. The van der Waals surface area contributed by atoms with Crippen LogP contribution in [0.1, 0.15) is 25.2 Å². The number of nitrogen functional groups attached to an aromatic ring is 1. The van der Waals surface area contributed by atoms with Crippen molar-refractivity contribution in [3.05, 3.63) is 11.4 Å². The first-order chi connectivity index (χ1) is 6.43. The van der Waals surface area contributed by atoms with Crippen molar-refractivity contribution in [3.63, 3.8) is 0 Å². The van der Waals surface area contributed by atoms with E-state index in [2.05, 4.69) is 15.3 Å². The molecule has 74 valence electrons. The molecule has 5 heteroatoms. The van der Waals surface area contributed by atoms with E-state index >= 15 is 0 Å². The fourth-order valence-electron chi connectivity index (χ4n) is 1.68. The highest BCUT2D eigenvalue weighted by Crippen LogP contribution is 2.38. The molecular formula is C9H12N4O. The molecule has 0 saturated carbocycles. The van der Waals surface area contributed by atoms with Crippen molar-refractivity contribution in [2.45, 2.75) is 26.2 Å². The van der Waals surface area contributed by atoms with Crippen LogP contribution in [-0.2, 0) is 10.2 Å². The van der Waals surface area contributed by atoms with E-state index in [1.165, 1.54) is 0 Å². The summed E-state index contributed by atoms with van der Waals surface area (Å²) in [5.41, 5.74) is 5.84. The Labute approximate surface area is 81.7 Å². The number of rotatable bonds is 0. The van der Waals surface area contributed by atoms with Crippen molar-refractivity contribution < 1.29 is 4.79 Å². The molecule has 0 unspecified atom stereocenters. The number of anilines is 2. The zero-order chi connectivity index (χ0) is 10.5. The van der Waals surface area contributed by atoms with Crippen molar-refractivity contribution in [2.75, 3.05) is 11.1 Å². The summed E-state index contributed by atoms with van der Waals surface area (Å²) in [6, 6.07) is 0. The summed E-state index contributed by atoms with van der Waals surface area (Å²) < 4.78 is 0. The summed E-state index contributed by atoms with van der Waals surface area (Å²) >= 11 is 0. The molecule has 0 atom stereocenters. The molecule has 0 spiro atoms. The van der Waals surface area contributed by atoms with E-state index in [1.54, 1.807) is 6.92 Å². The van der Waals surface area contributed by atoms with Gasteiger partial charge in [0, 0.05) is 0 Å². The zero-order valence-corrected chi connectivity index (χ0v) is 8.38. The van der Waals surface area contributed by atoms with Gasteiger partial charge in [0.25, 0.3) is 0 Å². The number of nitrogens with one attached hydrogen (secondary N) is 1. The minimum absolute atomic E-state index is 0.0842. The highest BCUT2D eigenvalue weighted by Gasteiger charge is 2.41. The smallest absolute Gasteiger partial charge is 0.235 e. The number of carbonyl (C=O) groups excluding carboxylic acids is 1. The van der Waals surface area contributed by atoms with Gasteiger partial charge < -0.3 is 11.1 Å². The van der Waals surface area contributed by atoms with E-state index in [-0.39, 0.29) is 5.91 Å². The predicted molar refractivity (Wildman–Crippen MR) is 52.8 cm³/mol. The van der Waals surface area contributed by atoms with E-state index in [9.17, 15) is 4.79 Å². The minimum Gasteiger partial charge on any atom is -0.383 e. The first-order valence-corrected chi connectivity index (χ1v) is 4.39. The number of hydrogen-bond donors (Lipinski definition) is 2. The van der Waals surface area contributed by atoms with Gasteiger partial charge in [0.15, 0.2) is 0 Å². The van der Waals surface area contributed by atoms with Crippen LogP contribution in [0.4, 0.5) is 11.6 Å². The predicted octanol–water partition coefficient (Wildman–Crippen LogP) is 0.597. The molecule has 1 aromatic rings. The first kappa shape index (κ1) is 8.93. The third-order valence-electron chi connectivity index (χ3n) is 2.47. The number of nitrogens with two attached hydrogens (primary N) is 1. The Balaban J connectivity index is 2.71. The topological polar surface area (TPSA) is 80.9 Å². The molecule has 0 saturated heterocycles. The SMILES string of the molecule is Cc1nc(N)c2c(n1)NC(=O)C2(C)C. The van der Waals surface area contributed by atoms with Gasteiger partial charge in [-0.15, -0.1) is 0 Å². The lowest BCUT2D eigenvalue weighted by Crippen LogP contribution is -2.27. The maximum absolute atomic E-state index is 11.6. The molecule has 0 aliphatic carbocycles. The summed E-state index contributed by atoms with van der Waals surface area (Å²) in [7, 11) is 0. The molecule has 3 N–H and O–H groups in total. The van der Waals surface area contributed by atoms with E-state index in [0.717, 1.165) is 0 Å². The van der Waals surface area contributed by atoms with Crippen LogP contribution in [0.2, 0.25) is 0 Å². The molecule has 1 aromatic heterocycles. The highest BCUT2D eigenvalue weighted by atomic mass is 16.2. The minimum atomic E-state index is -0.632. The van der Waals surface area contributed by atoms with Crippen molar-refractivity contribution >= 4 is 17.5 Å². The molecule has 14 heavy (non-hydrogen) atoms. The Hall–Kier alpha value is -1.65. The number of aryl methyl sites for hydroxylation is 1. The van der Waals surface area contributed by atoms with Crippen LogP contribution in [0.15, 0.2) is 0 Å². The van der Waals surface area contributed by atoms with Gasteiger partial charge >= 0.3 is 0 Å². The molecule has 5 nitrogen and oxygen atoms in total. The normalized spacial score (nSPS) is 17.8. The standard InChI is InChI=1S/C9H12N4O/c1-4-11-6(10)5-7(12-4)13-8(14)9(5,2)3/h1-3H3,(H3,10,11,12,13,14). The van der Waals surface area contributed by atoms with Gasteiger partial charge in [-0.25, -0.2) is 9.97 Å². The van der Waals surface area contributed by atoms with Crippen LogP contribution >= 0.6 is 0 Å². The lowest BCUT2D eigenvalue weighted by molar-refractivity contribution is -0.119. The van der Waals surface area contributed by atoms with Gasteiger partial charge in [0.05, 0.1) is 11.0 Å². The van der Waals surface area contributed by atoms with Crippen molar-refractivity contribution in [3.8, 4) is 0 Å². The highest BCUT2D eigenvalue weighted by molar-refractivity contribution is 6.06. The number of aromatic nitrogens is 2. The Kier molecular flexibility index (Phi) is 1.55. The van der Waals surface area contributed by atoms with E-state index in [0.29, 0.717) is 23.0 Å². The summed E-state index contributed by atoms with van der Waals surface area (Å²) in [5.74, 6) is 1.42. The number of amides is 1. The van der Waals surface area contributed by atoms with E-state index in [4.69, 9.17) is 5.73 Å². The monoisotopic (exact) mass is 192 g/mol. The molecule has 0 radical (unpaired) electrons. The second kappa shape index (κ2) is 2.43. The number of nitrogens with zero attached hydrogens (tertiary/aromatic N) is 2. The van der Waals surface area contributed by atoms with Crippen LogP contribution < -0.4 is 11.1 Å². The van der Waals surface area contributed by atoms with E-state index < -0.39 is 5.41 Å². The summed E-state index contributed by atoms with van der Waals surface area (Å²) in [5, 5.41) is 2.70. The van der Waals surface area contributed by atoms with Gasteiger partial charge in [-0.1, -0.05) is 0 Å². The summed E-state index contributed by atoms with van der Waals surface area (Å²) in [6.07, 6.45) is 0. The molecular weight excluding hydrogens is 180 g/mol. The quantitative estimate of drug-likeness (QED) is 0.630. The third-order valence-corrected chi connectivity index (χ3v) is 2.47. The van der Waals surface area contributed by atoms with Crippen LogP contribution in [0.25, 0.3) is 0 Å². The van der Waals surface area contributed by atoms with Gasteiger partial charge in [-0.2, -0.15) is 0 Å². The van der Waals surface area contributed by atoms with Crippen LogP contribution in [0, 0.1) is 6.92 Å².